The van der Waals surface area contributed by atoms with Crippen molar-refractivity contribution in [1.29, 1.82) is 0 Å². The van der Waals surface area contributed by atoms with Gasteiger partial charge in [0, 0.05) is 0 Å². The highest BCUT2D eigenvalue weighted by molar-refractivity contribution is 5.81. The van der Waals surface area contributed by atoms with Crippen molar-refractivity contribution >= 4 is 11.9 Å². The van der Waals surface area contributed by atoms with E-state index < -0.39 is 5.92 Å². The van der Waals surface area contributed by atoms with E-state index >= 15 is 0 Å². The topological polar surface area (TPSA) is 52.6 Å². The van der Waals surface area contributed by atoms with Crippen LogP contribution in [0.3, 0.4) is 0 Å². The van der Waals surface area contributed by atoms with Gasteiger partial charge in [-0.3, -0.25) is 9.59 Å². The quantitative estimate of drug-likeness (QED) is 0.0742. The van der Waals surface area contributed by atoms with Crippen LogP contribution in [0.2, 0.25) is 0 Å². The molecule has 0 aliphatic rings. The second kappa shape index (κ2) is 26.3. The molecule has 0 fully saturated rings. The maximum absolute atomic E-state index is 12.4. The molecule has 0 radical (unpaired) electrons. The predicted molar refractivity (Wildman–Crippen MR) is 144 cm³/mol. The van der Waals surface area contributed by atoms with Crippen molar-refractivity contribution in [3.05, 3.63) is 12.2 Å². The van der Waals surface area contributed by atoms with Gasteiger partial charge in [0.2, 0.25) is 0 Å². The standard InChI is InChI=1S/C30H56O4/c1-4-7-10-11-12-13-14-15-16-17-18-19-20-21-22-23-24-28(30(32)34-26-9-6-3)27-29(31)33-25-8-5-2/h23-24,28H,4-22,25-27H2,1-3H3. The monoisotopic (exact) mass is 480 g/mol. The fourth-order valence-electron chi connectivity index (χ4n) is 3.94. The Balaban J connectivity index is 3.92. The molecular weight excluding hydrogens is 424 g/mol. The van der Waals surface area contributed by atoms with Crippen LogP contribution in [0.25, 0.3) is 0 Å². The summed E-state index contributed by atoms with van der Waals surface area (Å²) in [7, 11) is 0. The number of ether oxygens (including phenoxy) is 2. The summed E-state index contributed by atoms with van der Waals surface area (Å²) in [5.74, 6) is -1.15. The van der Waals surface area contributed by atoms with Crippen molar-refractivity contribution in [3.63, 3.8) is 0 Å². The molecule has 0 spiro atoms. The molecule has 0 saturated heterocycles. The first-order valence-electron chi connectivity index (χ1n) is 14.6. The Kier molecular flexibility index (Phi) is 25.3. The molecule has 200 valence electrons. The number of allylic oxidation sites excluding steroid dienone is 1. The van der Waals surface area contributed by atoms with Crippen LogP contribution in [0.15, 0.2) is 12.2 Å². The number of esters is 2. The molecule has 0 aliphatic heterocycles. The van der Waals surface area contributed by atoms with E-state index in [-0.39, 0.29) is 18.4 Å². The van der Waals surface area contributed by atoms with E-state index in [9.17, 15) is 9.59 Å². The van der Waals surface area contributed by atoms with Crippen LogP contribution in [-0.2, 0) is 19.1 Å². The van der Waals surface area contributed by atoms with Gasteiger partial charge in [0.05, 0.1) is 25.6 Å². The molecule has 1 unspecified atom stereocenters. The van der Waals surface area contributed by atoms with E-state index in [4.69, 9.17) is 9.47 Å². The van der Waals surface area contributed by atoms with Gasteiger partial charge in [0.25, 0.3) is 0 Å². The average molecular weight is 481 g/mol. The summed E-state index contributed by atoms with van der Waals surface area (Å²) in [6, 6.07) is 0. The van der Waals surface area contributed by atoms with Crippen molar-refractivity contribution in [1.82, 2.24) is 0 Å². The lowest BCUT2D eigenvalue weighted by atomic mass is 10.0. The first-order valence-corrected chi connectivity index (χ1v) is 14.6. The highest BCUT2D eigenvalue weighted by Crippen LogP contribution is 2.15. The Morgan fingerprint density at radius 3 is 1.53 bits per heavy atom. The van der Waals surface area contributed by atoms with Crippen molar-refractivity contribution in [2.24, 2.45) is 5.92 Å². The zero-order chi connectivity index (χ0) is 25.1. The summed E-state index contributed by atoms with van der Waals surface area (Å²) in [5, 5.41) is 0. The van der Waals surface area contributed by atoms with Crippen LogP contribution in [0.5, 0.6) is 0 Å². The van der Waals surface area contributed by atoms with E-state index in [0.29, 0.717) is 13.2 Å². The van der Waals surface area contributed by atoms with E-state index in [2.05, 4.69) is 20.8 Å². The third-order valence-corrected chi connectivity index (χ3v) is 6.29. The molecule has 1 atom stereocenters. The lowest BCUT2D eigenvalue weighted by Gasteiger charge is -2.12. The second-order valence-corrected chi connectivity index (χ2v) is 9.72. The van der Waals surface area contributed by atoms with Crippen LogP contribution < -0.4 is 0 Å². The molecule has 0 rings (SSSR count). The van der Waals surface area contributed by atoms with Gasteiger partial charge in [-0.25, -0.2) is 0 Å². The Bertz CT molecular complexity index is 486. The molecule has 0 aliphatic carbocycles. The third kappa shape index (κ3) is 22.5. The molecule has 4 heteroatoms. The largest absolute Gasteiger partial charge is 0.466 e. The maximum atomic E-state index is 12.4. The first-order chi connectivity index (χ1) is 16.7. The summed E-state index contributed by atoms with van der Waals surface area (Å²) in [6.45, 7) is 7.24. The second-order valence-electron chi connectivity index (χ2n) is 9.72. The van der Waals surface area contributed by atoms with Crippen molar-refractivity contribution in [2.75, 3.05) is 13.2 Å². The SMILES string of the molecule is CCCCCCCCCCCCCCCCC=CC(CC(=O)OCCCC)C(=O)OCCCC. The minimum atomic E-state index is -0.530. The van der Waals surface area contributed by atoms with Crippen LogP contribution in [0.4, 0.5) is 0 Å². The van der Waals surface area contributed by atoms with Gasteiger partial charge < -0.3 is 9.47 Å². The first kappa shape index (κ1) is 32.7. The van der Waals surface area contributed by atoms with E-state index in [0.717, 1.165) is 38.5 Å². The van der Waals surface area contributed by atoms with E-state index in [1.165, 1.54) is 83.5 Å². The molecule has 0 heterocycles. The maximum Gasteiger partial charge on any atom is 0.313 e. The zero-order valence-corrected chi connectivity index (χ0v) is 22.9. The Hall–Kier alpha value is -1.32. The number of rotatable bonds is 25. The molecule has 0 aromatic rings. The number of hydrogen-bond acceptors (Lipinski definition) is 4. The lowest BCUT2D eigenvalue weighted by Crippen LogP contribution is -2.21. The Labute approximate surface area is 211 Å². The highest BCUT2D eigenvalue weighted by atomic mass is 16.5. The highest BCUT2D eigenvalue weighted by Gasteiger charge is 2.21. The Morgan fingerprint density at radius 1 is 0.588 bits per heavy atom. The summed E-state index contributed by atoms with van der Waals surface area (Å²) in [6.07, 6.45) is 27.5. The normalized spacial score (nSPS) is 12.2. The van der Waals surface area contributed by atoms with Gasteiger partial charge in [0.15, 0.2) is 0 Å². The molecule has 0 saturated carbocycles. The molecule has 34 heavy (non-hydrogen) atoms. The molecule has 0 aromatic carbocycles. The smallest absolute Gasteiger partial charge is 0.313 e. The van der Waals surface area contributed by atoms with Gasteiger partial charge in [-0.2, -0.15) is 0 Å². The van der Waals surface area contributed by atoms with Gasteiger partial charge >= 0.3 is 11.9 Å². The average Bonchev–Trinajstić information content (AvgIpc) is 2.83. The predicted octanol–water partition coefficient (Wildman–Crippen LogP) is 9.11. The third-order valence-electron chi connectivity index (χ3n) is 6.29. The molecule has 0 bridgehead atoms. The minimum Gasteiger partial charge on any atom is -0.466 e. The zero-order valence-electron chi connectivity index (χ0n) is 22.9. The lowest BCUT2D eigenvalue weighted by molar-refractivity contribution is -0.153. The number of carbonyl (C=O) groups excluding carboxylic acids is 2. The van der Waals surface area contributed by atoms with Crippen molar-refractivity contribution < 1.29 is 19.1 Å². The van der Waals surface area contributed by atoms with Crippen molar-refractivity contribution in [2.45, 2.75) is 149 Å². The van der Waals surface area contributed by atoms with Crippen molar-refractivity contribution in [3.8, 4) is 0 Å². The minimum absolute atomic E-state index is 0.0733. The van der Waals surface area contributed by atoms with Crippen LogP contribution in [0, 0.1) is 5.92 Å². The van der Waals surface area contributed by atoms with Gasteiger partial charge in [-0.15, -0.1) is 0 Å². The Morgan fingerprint density at radius 2 is 1.03 bits per heavy atom. The summed E-state index contributed by atoms with van der Waals surface area (Å²) < 4.78 is 10.6. The van der Waals surface area contributed by atoms with Crippen LogP contribution in [-0.4, -0.2) is 25.2 Å². The molecule has 0 amide bonds. The van der Waals surface area contributed by atoms with E-state index in [1.54, 1.807) is 0 Å². The van der Waals surface area contributed by atoms with Crippen LogP contribution >= 0.6 is 0 Å². The molecular formula is C30H56O4. The fourth-order valence-corrected chi connectivity index (χ4v) is 3.94. The summed E-state index contributed by atoms with van der Waals surface area (Å²) >= 11 is 0. The van der Waals surface area contributed by atoms with Gasteiger partial charge in [-0.05, 0) is 25.7 Å². The number of hydrogen-bond donors (Lipinski definition) is 0. The molecule has 4 nitrogen and oxygen atoms in total. The number of unbranched alkanes of at least 4 members (excludes halogenated alkanes) is 16. The fraction of sp³-hybridized carbons (Fsp3) is 0.867. The van der Waals surface area contributed by atoms with Crippen LogP contribution in [0.1, 0.15) is 149 Å². The number of carbonyl (C=O) groups is 2. The molecule has 0 N–H and O–H groups in total. The van der Waals surface area contributed by atoms with E-state index in [1.807, 2.05) is 12.2 Å². The molecule has 0 aromatic heterocycles. The summed E-state index contributed by atoms with van der Waals surface area (Å²) in [5.41, 5.74) is 0. The summed E-state index contributed by atoms with van der Waals surface area (Å²) in [4.78, 5) is 24.5. The van der Waals surface area contributed by atoms with Gasteiger partial charge in [-0.1, -0.05) is 129 Å². The van der Waals surface area contributed by atoms with Gasteiger partial charge in [0.1, 0.15) is 0 Å².